The van der Waals surface area contributed by atoms with Crippen molar-refractivity contribution in [3.8, 4) is 5.75 Å². The molecule has 0 fully saturated rings. The van der Waals surface area contributed by atoms with Crippen molar-refractivity contribution in [2.75, 3.05) is 5.32 Å². The van der Waals surface area contributed by atoms with Crippen LogP contribution in [0, 0.1) is 13.8 Å². The maximum absolute atomic E-state index is 12.8. The predicted molar refractivity (Wildman–Crippen MR) is 113 cm³/mol. The number of ether oxygens (including phenoxy) is 1. The van der Waals surface area contributed by atoms with Crippen LogP contribution in [0.25, 0.3) is 0 Å². The molecular formula is C23H30N2O3. The topological polar surface area (TPSA) is 67.4 Å². The van der Waals surface area contributed by atoms with Gasteiger partial charge in [0.25, 0.3) is 11.8 Å². The zero-order valence-corrected chi connectivity index (χ0v) is 17.6. The highest BCUT2D eigenvalue weighted by Gasteiger charge is 2.23. The Balaban J connectivity index is 2.19. The van der Waals surface area contributed by atoms with Crippen LogP contribution in [0.15, 0.2) is 42.5 Å². The lowest BCUT2D eigenvalue weighted by Crippen LogP contribution is -2.41. The predicted octanol–water partition coefficient (Wildman–Crippen LogP) is 4.63. The van der Waals surface area contributed by atoms with Crippen LogP contribution < -0.4 is 15.4 Å². The molecule has 0 aliphatic rings. The SMILES string of the molecule is CC[C@H](Oc1cc(C)ccc1C)C(=O)Nc1ccccc1C(=O)NC(C)(C)C. The number of benzene rings is 2. The fourth-order valence-electron chi connectivity index (χ4n) is 2.72. The highest BCUT2D eigenvalue weighted by atomic mass is 16.5. The van der Waals surface area contributed by atoms with E-state index >= 15 is 0 Å². The lowest BCUT2D eigenvalue weighted by Gasteiger charge is -2.22. The molecule has 5 heteroatoms. The van der Waals surface area contributed by atoms with Crippen molar-refractivity contribution in [3.63, 3.8) is 0 Å². The third kappa shape index (κ3) is 5.84. The quantitative estimate of drug-likeness (QED) is 0.765. The van der Waals surface area contributed by atoms with Gasteiger partial charge in [-0.3, -0.25) is 9.59 Å². The summed E-state index contributed by atoms with van der Waals surface area (Å²) in [5.74, 6) is 0.187. The Morgan fingerprint density at radius 3 is 2.39 bits per heavy atom. The zero-order valence-electron chi connectivity index (χ0n) is 17.6. The largest absolute Gasteiger partial charge is 0.480 e. The van der Waals surface area contributed by atoms with Crippen LogP contribution in [0.1, 0.15) is 55.6 Å². The molecule has 0 radical (unpaired) electrons. The molecule has 0 saturated heterocycles. The van der Waals surface area contributed by atoms with Gasteiger partial charge in [-0.15, -0.1) is 0 Å². The Kier molecular flexibility index (Phi) is 6.84. The fraction of sp³-hybridized carbons (Fsp3) is 0.391. The van der Waals surface area contributed by atoms with E-state index in [9.17, 15) is 9.59 Å². The first-order valence-corrected chi connectivity index (χ1v) is 9.57. The second-order valence-electron chi connectivity index (χ2n) is 8.02. The molecule has 150 valence electrons. The van der Waals surface area contributed by atoms with Crippen molar-refractivity contribution in [2.45, 2.75) is 59.6 Å². The molecule has 28 heavy (non-hydrogen) atoms. The molecule has 2 aromatic carbocycles. The van der Waals surface area contributed by atoms with Gasteiger partial charge >= 0.3 is 0 Å². The summed E-state index contributed by atoms with van der Waals surface area (Å²) in [6.45, 7) is 11.6. The second-order valence-corrected chi connectivity index (χ2v) is 8.02. The van der Waals surface area contributed by atoms with Crippen molar-refractivity contribution in [2.24, 2.45) is 0 Å². The fourth-order valence-corrected chi connectivity index (χ4v) is 2.72. The first-order valence-electron chi connectivity index (χ1n) is 9.57. The number of carbonyl (C=O) groups excluding carboxylic acids is 2. The van der Waals surface area contributed by atoms with Crippen LogP contribution in [0.4, 0.5) is 5.69 Å². The summed E-state index contributed by atoms with van der Waals surface area (Å²) in [5, 5.41) is 5.78. The summed E-state index contributed by atoms with van der Waals surface area (Å²) in [7, 11) is 0. The van der Waals surface area contributed by atoms with E-state index in [0.29, 0.717) is 23.4 Å². The third-order valence-electron chi connectivity index (χ3n) is 4.19. The minimum atomic E-state index is -0.653. The molecule has 2 N–H and O–H groups in total. The number of rotatable bonds is 6. The van der Waals surface area contributed by atoms with Crippen LogP contribution in [0.3, 0.4) is 0 Å². The molecule has 5 nitrogen and oxygen atoms in total. The highest BCUT2D eigenvalue weighted by molar-refractivity contribution is 6.04. The van der Waals surface area contributed by atoms with Gasteiger partial charge in [0.15, 0.2) is 6.10 Å². The number of amides is 2. The van der Waals surface area contributed by atoms with Gasteiger partial charge < -0.3 is 15.4 Å². The maximum atomic E-state index is 12.8. The van der Waals surface area contributed by atoms with Gasteiger partial charge in [-0.1, -0.05) is 31.2 Å². The van der Waals surface area contributed by atoms with Gasteiger partial charge in [0.2, 0.25) is 0 Å². The summed E-state index contributed by atoms with van der Waals surface area (Å²) < 4.78 is 5.98. The van der Waals surface area contributed by atoms with Crippen molar-refractivity contribution < 1.29 is 14.3 Å². The monoisotopic (exact) mass is 382 g/mol. The van der Waals surface area contributed by atoms with E-state index < -0.39 is 6.10 Å². The van der Waals surface area contributed by atoms with Crippen LogP contribution >= 0.6 is 0 Å². The molecule has 2 rings (SSSR count). The standard InChI is InChI=1S/C23H30N2O3/c1-7-19(28-20-14-15(2)12-13-16(20)3)22(27)24-18-11-9-8-10-17(18)21(26)25-23(4,5)6/h8-14,19H,7H2,1-6H3,(H,24,27)(H,25,26)/t19-/m0/s1. The molecule has 0 aliphatic heterocycles. The van der Waals surface area contributed by atoms with E-state index in [1.165, 1.54) is 0 Å². The van der Waals surface area contributed by atoms with Gasteiger partial charge in [0.1, 0.15) is 5.75 Å². The number of hydrogen-bond acceptors (Lipinski definition) is 3. The van der Waals surface area contributed by atoms with E-state index in [-0.39, 0.29) is 17.4 Å². The van der Waals surface area contributed by atoms with Gasteiger partial charge in [-0.2, -0.15) is 0 Å². The molecule has 0 bridgehead atoms. The van der Waals surface area contributed by atoms with E-state index in [2.05, 4.69) is 10.6 Å². The van der Waals surface area contributed by atoms with Crippen molar-refractivity contribution in [3.05, 3.63) is 59.2 Å². The lowest BCUT2D eigenvalue weighted by molar-refractivity contribution is -0.122. The third-order valence-corrected chi connectivity index (χ3v) is 4.19. The molecule has 0 unspecified atom stereocenters. The summed E-state index contributed by atoms with van der Waals surface area (Å²) in [6, 6.07) is 12.9. The number of carbonyl (C=O) groups is 2. The summed E-state index contributed by atoms with van der Waals surface area (Å²) in [4.78, 5) is 25.4. The molecule has 2 aromatic rings. The number of anilines is 1. The Hall–Kier alpha value is -2.82. The molecule has 0 saturated carbocycles. The van der Waals surface area contributed by atoms with Gasteiger partial charge in [-0.05, 0) is 70.4 Å². The molecule has 0 heterocycles. The van der Waals surface area contributed by atoms with E-state index in [1.807, 2.05) is 59.7 Å². The Morgan fingerprint density at radius 2 is 1.75 bits per heavy atom. The maximum Gasteiger partial charge on any atom is 0.265 e. The van der Waals surface area contributed by atoms with Crippen LogP contribution in [-0.2, 0) is 4.79 Å². The Bertz CT molecular complexity index is 853. The van der Waals surface area contributed by atoms with Crippen LogP contribution in [0.5, 0.6) is 5.75 Å². The summed E-state index contributed by atoms with van der Waals surface area (Å²) in [6.07, 6.45) is -0.144. The van der Waals surface area contributed by atoms with E-state index in [4.69, 9.17) is 4.74 Å². The van der Waals surface area contributed by atoms with Crippen LogP contribution in [-0.4, -0.2) is 23.5 Å². The lowest BCUT2D eigenvalue weighted by atomic mass is 10.1. The molecule has 0 spiro atoms. The molecule has 0 aliphatic carbocycles. The number of para-hydroxylation sites is 1. The van der Waals surface area contributed by atoms with Crippen molar-refractivity contribution in [1.82, 2.24) is 5.32 Å². The highest BCUT2D eigenvalue weighted by Crippen LogP contribution is 2.22. The molecule has 1 atom stereocenters. The minimum Gasteiger partial charge on any atom is -0.480 e. The number of aryl methyl sites for hydroxylation is 2. The normalized spacial score (nSPS) is 12.2. The van der Waals surface area contributed by atoms with Crippen LogP contribution in [0.2, 0.25) is 0 Å². The zero-order chi connectivity index (χ0) is 20.9. The first kappa shape index (κ1) is 21.5. The molecular weight excluding hydrogens is 352 g/mol. The van der Waals surface area contributed by atoms with E-state index in [0.717, 1.165) is 11.1 Å². The van der Waals surface area contributed by atoms with Crippen molar-refractivity contribution in [1.29, 1.82) is 0 Å². The molecule has 2 amide bonds. The average molecular weight is 383 g/mol. The van der Waals surface area contributed by atoms with E-state index in [1.54, 1.807) is 24.3 Å². The van der Waals surface area contributed by atoms with Gasteiger partial charge in [-0.25, -0.2) is 0 Å². The van der Waals surface area contributed by atoms with Crippen molar-refractivity contribution >= 4 is 17.5 Å². The number of nitrogens with one attached hydrogen (secondary N) is 2. The minimum absolute atomic E-state index is 0.230. The van der Waals surface area contributed by atoms with Gasteiger partial charge in [0, 0.05) is 5.54 Å². The smallest absolute Gasteiger partial charge is 0.265 e. The Morgan fingerprint density at radius 1 is 1.07 bits per heavy atom. The average Bonchev–Trinajstić information content (AvgIpc) is 2.61. The van der Waals surface area contributed by atoms with Gasteiger partial charge in [0.05, 0.1) is 11.3 Å². The summed E-state index contributed by atoms with van der Waals surface area (Å²) >= 11 is 0. The second kappa shape index (κ2) is 8.91. The first-order chi connectivity index (χ1) is 13.1. The Labute approximate surface area is 167 Å². The molecule has 0 aromatic heterocycles. The summed E-state index contributed by atoms with van der Waals surface area (Å²) in [5.41, 5.74) is 2.57. The number of hydrogen-bond donors (Lipinski definition) is 2.